The van der Waals surface area contributed by atoms with Crippen LogP contribution in [0.25, 0.3) is 0 Å². The Morgan fingerprint density at radius 1 is 1.47 bits per heavy atom. The van der Waals surface area contributed by atoms with Gasteiger partial charge in [-0.3, -0.25) is 10.1 Å². The van der Waals surface area contributed by atoms with Crippen LogP contribution >= 0.6 is 0 Å². The first kappa shape index (κ1) is 11.1. The third-order valence-electron chi connectivity index (χ3n) is 2.04. The molecule has 0 unspecified atom stereocenters. The molecule has 0 saturated carbocycles. The minimum atomic E-state index is -0.448. The van der Waals surface area contributed by atoms with Gasteiger partial charge in [0, 0.05) is 0 Å². The van der Waals surface area contributed by atoms with Crippen LogP contribution in [0.3, 0.4) is 0 Å². The van der Waals surface area contributed by atoms with Crippen molar-refractivity contribution in [3.63, 3.8) is 0 Å². The number of ether oxygens (including phenoxy) is 1. The third-order valence-corrected chi connectivity index (χ3v) is 2.04. The SMILES string of the molecule is Cc1ccc(OCC(=O)NC#N)cc1C. The zero-order valence-corrected chi connectivity index (χ0v) is 8.70. The number of carbonyl (C=O) groups excluding carboxylic acids is 1. The van der Waals surface area contributed by atoms with Gasteiger partial charge in [-0.2, -0.15) is 5.26 Å². The largest absolute Gasteiger partial charge is 0.484 e. The quantitative estimate of drug-likeness (QED) is 0.596. The zero-order valence-electron chi connectivity index (χ0n) is 8.70. The van der Waals surface area contributed by atoms with Crippen LogP contribution in [-0.2, 0) is 4.79 Å². The minimum Gasteiger partial charge on any atom is -0.484 e. The van der Waals surface area contributed by atoms with Gasteiger partial charge in [0.15, 0.2) is 12.8 Å². The predicted octanol–water partition coefficient (Wildman–Crippen LogP) is 1.28. The normalized spacial score (nSPS) is 9.13. The van der Waals surface area contributed by atoms with Crippen molar-refractivity contribution >= 4 is 5.91 Å². The summed E-state index contributed by atoms with van der Waals surface area (Å²) < 4.78 is 5.19. The molecule has 0 aliphatic heterocycles. The average Bonchev–Trinajstić information content (AvgIpc) is 2.20. The van der Waals surface area contributed by atoms with Gasteiger partial charge in [0.2, 0.25) is 0 Å². The number of amides is 1. The molecule has 1 rings (SSSR count). The van der Waals surface area contributed by atoms with Crippen LogP contribution in [0.5, 0.6) is 5.75 Å². The molecule has 1 N–H and O–H groups in total. The maximum atomic E-state index is 10.9. The van der Waals surface area contributed by atoms with Crippen LogP contribution in [0.1, 0.15) is 11.1 Å². The molecule has 0 saturated heterocycles. The van der Waals surface area contributed by atoms with Gasteiger partial charge < -0.3 is 4.74 Å². The molecular weight excluding hydrogens is 192 g/mol. The molecule has 0 atom stereocenters. The lowest BCUT2D eigenvalue weighted by atomic mass is 10.1. The first-order valence-corrected chi connectivity index (χ1v) is 4.51. The molecule has 0 radical (unpaired) electrons. The van der Waals surface area contributed by atoms with Crippen molar-refractivity contribution in [1.82, 2.24) is 5.32 Å². The van der Waals surface area contributed by atoms with Crippen molar-refractivity contribution in [3.05, 3.63) is 29.3 Å². The summed E-state index contributed by atoms with van der Waals surface area (Å²) in [5.41, 5.74) is 2.28. The highest BCUT2D eigenvalue weighted by atomic mass is 16.5. The van der Waals surface area contributed by atoms with Gasteiger partial charge in [0.05, 0.1) is 0 Å². The van der Waals surface area contributed by atoms with E-state index in [0.717, 1.165) is 5.56 Å². The molecule has 0 bridgehead atoms. The van der Waals surface area contributed by atoms with E-state index in [1.807, 2.05) is 31.3 Å². The Labute approximate surface area is 88.5 Å². The van der Waals surface area contributed by atoms with Crippen molar-refractivity contribution in [2.24, 2.45) is 0 Å². The van der Waals surface area contributed by atoms with Gasteiger partial charge in [-0.25, -0.2) is 0 Å². The molecule has 15 heavy (non-hydrogen) atoms. The minimum absolute atomic E-state index is 0.143. The molecule has 0 spiro atoms. The topological polar surface area (TPSA) is 62.1 Å². The number of hydrogen-bond acceptors (Lipinski definition) is 3. The van der Waals surface area contributed by atoms with Gasteiger partial charge in [0.1, 0.15) is 5.75 Å². The van der Waals surface area contributed by atoms with E-state index in [1.54, 1.807) is 12.3 Å². The number of carbonyl (C=O) groups is 1. The molecule has 78 valence electrons. The lowest BCUT2D eigenvalue weighted by Gasteiger charge is -2.06. The lowest BCUT2D eigenvalue weighted by molar-refractivity contribution is -0.121. The molecule has 1 aromatic rings. The number of nitriles is 1. The van der Waals surface area contributed by atoms with E-state index >= 15 is 0 Å². The number of nitrogens with one attached hydrogen (secondary N) is 1. The molecule has 4 heteroatoms. The van der Waals surface area contributed by atoms with Crippen molar-refractivity contribution < 1.29 is 9.53 Å². The Bertz CT molecular complexity index is 408. The second-order valence-electron chi connectivity index (χ2n) is 3.19. The van der Waals surface area contributed by atoms with Crippen LogP contribution in [0.15, 0.2) is 18.2 Å². The fourth-order valence-corrected chi connectivity index (χ4v) is 1.05. The Morgan fingerprint density at radius 2 is 2.20 bits per heavy atom. The second kappa shape index (κ2) is 5.01. The highest BCUT2D eigenvalue weighted by Gasteiger charge is 2.02. The van der Waals surface area contributed by atoms with E-state index in [0.29, 0.717) is 5.75 Å². The van der Waals surface area contributed by atoms with Crippen molar-refractivity contribution in [1.29, 1.82) is 5.26 Å². The Balaban J connectivity index is 2.55. The van der Waals surface area contributed by atoms with E-state index in [4.69, 9.17) is 10.00 Å². The second-order valence-corrected chi connectivity index (χ2v) is 3.19. The molecular formula is C11H12N2O2. The van der Waals surface area contributed by atoms with Gasteiger partial charge in [-0.15, -0.1) is 0 Å². The summed E-state index contributed by atoms with van der Waals surface area (Å²) in [5, 5.41) is 10.2. The number of benzene rings is 1. The molecule has 1 amide bonds. The fraction of sp³-hybridized carbons (Fsp3) is 0.273. The fourth-order valence-electron chi connectivity index (χ4n) is 1.05. The third kappa shape index (κ3) is 3.31. The number of aryl methyl sites for hydroxylation is 2. The lowest BCUT2D eigenvalue weighted by Crippen LogP contribution is -2.24. The highest BCUT2D eigenvalue weighted by Crippen LogP contribution is 2.15. The molecule has 0 heterocycles. The van der Waals surface area contributed by atoms with E-state index in [2.05, 4.69) is 0 Å². The van der Waals surface area contributed by atoms with E-state index in [9.17, 15) is 4.79 Å². The number of nitrogens with zero attached hydrogens (tertiary/aromatic N) is 1. The van der Waals surface area contributed by atoms with Crippen LogP contribution in [-0.4, -0.2) is 12.5 Å². The van der Waals surface area contributed by atoms with Crippen LogP contribution < -0.4 is 10.1 Å². The van der Waals surface area contributed by atoms with Gasteiger partial charge in [0.25, 0.3) is 5.91 Å². The molecule has 4 nitrogen and oxygen atoms in total. The van der Waals surface area contributed by atoms with Crippen LogP contribution in [0, 0.1) is 25.3 Å². The van der Waals surface area contributed by atoms with E-state index in [-0.39, 0.29) is 6.61 Å². The molecule has 0 fully saturated rings. The maximum Gasteiger partial charge on any atom is 0.270 e. The summed E-state index contributed by atoms with van der Waals surface area (Å²) in [5.74, 6) is 0.182. The summed E-state index contributed by atoms with van der Waals surface area (Å²) in [4.78, 5) is 10.9. The summed E-state index contributed by atoms with van der Waals surface area (Å²) in [6.45, 7) is 3.83. The van der Waals surface area contributed by atoms with Gasteiger partial charge in [-0.1, -0.05) is 6.07 Å². The smallest absolute Gasteiger partial charge is 0.270 e. The number of hydrogen-bond donors (Lipinski definition) is 1. The van der Waals surface area contributed by atoms with Crippen LogP contribution in [0.2, 0.25) is 0 Å². The zero-order chi connectivity index (χ0) is 11.3. The summed E-state index contributed by atoms with van der Waals surface area (Å²) >= 11 is 0. The van der Waals surface area contributed by atoms with Crippen molar-refractivity contribution in [2.45, 2.75) is 13.8 Å². The van der Waals surface area contributed by atoms with Crippen molar-refractivity contribution in [2.75, 3.05) is 6.61 Å². The summed E-state index contributed by atoms with van der Waals surface area (Å²) in [6.07, 6.45) is 1.54. The van der Waals surface area contributed by atoms with E-state index in [1.165, 1.54) is 5.56 Å². The van der Waals surface area contributed by atoms with Crippen LogP contribution in [0.4, 0.5) is 0 Å². The maximum absolute atomic E-state index is 10.9. The average molecular weight is 204 g/mol. The van der Waals surface area contributed by atoms with E-state index < -0.39 is 5.91 Å². The molecule has 1 aromatic carbocycles. The Kier molecular flexibility index (Phi) is 3.69. The number of rotatable bonds is 3. The standard InChI is InChI=1S/C11H12N2O2/c1-8-3-4-10(5-9(8)2)15-6-11(14)13-7-12/h3-5H,6H2,1-2H3,(H,13,14). The van der Waals surface area contributed by atoms with Crippen molar-refractivity contribution in [3.8, 4) is 11.9 Å². The monoisotopic (exact) mass is 204 g/mol. The van der Waals surface area contributed by atoms with Gasteiger partial charge >= 0.3 is 0 Å². The Morgan fingerprint density at radius 3 is 2.80 bits per heavy atom. The summed E-state index contributed by atoms with van der Waals surface area (Å²) in [6, 6.07) is 5.57. The first-order valence-electron chi connectivity index (χ1n) is 4.51. The molecule has 0 aliphatic rings. The Hall–Kier alpha value is -2.02. The first-order chi connectivity index (χ1) is 7.13. The molecule has 0 aliphatic carbocycles. The van der Waals surface area contributed by atoms with Gasteiger partial charge in [-0.05, 0) is 37.1 Å². The highest BCUT2D eigenvalue weighted by molar-refractivity contribution is 5.78. The summed E-state index contributed by atoms with van der Waals surface area (Å²) in [7, 11) is 0. The predicted molar refractivity (Wildman–Crippen MR) is 55.2 cm³/mol. The molecule has 0 aromatic heterocycles.